The molecular weight excluding hydrogens is 168 g/mol. The number of rotatable bonds is 6. The summed E-state index contributed by atoms with van der Waals surface area (Å²) in [7, 11) is 0. The van der Waals surface area contributed by atoms with Crippen molar-refractivity contribution in [1.82, 2.24) is 5.32 Å². The molecule has 0 aliphatic carbocycles. The maximum absolute atomic E-state index is 11.2. The Balaban J connectivity index is 3.57. The van der Waals surface area contributed by atoms with Gasteiger partial charge in [0.1, 0.15) is 0 Å². The van der Waals surface area contributed by atoms with Gasteiger partial charge in [-0.3, -0.25) is 4.79 Å². The molecule has 1 amide bonds. The third-order valence-electron chi connectivity index (χ3n) is 1.78. The lowest BCUT2D eigenvalue weighted by atomic mass is 10.1. The van der Waals surface area contributed by atoms with Crippen LogP contribution in [0.1, 0.15) is 33.1 Å². The van der Waals surface area contributed by atoms with Crippen molar-refractivity contribution in [2.45, 2.75) is 45.3 Å². The van der Waals surface area contributed by atoms with Crippen LogP contribution >= 0.6 is 0 Å². The number of amides is 1. The number of carbonyl (C=O) groups is 1. The highest BCUT2D eigenvalue weighted by Gasteiger charge is 2.12. The summed E-state index contributed by atoms with van der Waals surface area (Å²) in [6.07, 6.45) is 2.20. The Morgan fingerprint density at radius 1 is 1.62 bits per heavy atom. The molecule has 0 aliphatic rings. The lowest BCUT2D eigenvalue weighted by molar-refractivity contribution is -0.122. The molecule has 13 heavy (non-hydrogen) atoms. The van der Waals surface area contributed by atoms with E-state index in [4.69, 9.17) is 10.8 Å². The van der Waals surface area contributed by atoms with Crippen molar-refractivity contribution in [1.29, 1.82) is 0 Å². The third-order valence-corrected chi connectivity index (χ3v) is 1.78. The molecule has 1 unspecified atom stereocenters. The van der Waals surface area contributed by atoms with Crippen LogP contribution in [0.2, 0.25) is 0 Å². The number of carbonyl (C=O) groups excluding carboxylic acids is 1. The molecule has 0 aromatic heterocycles. The van der Waals surface area contributed by atoms with Gasteiger partial charge in [-0.15, -0.1) is 0 Å². The topological polar surface area (TPSA) is 75.4 Å². The minimum absolute atomic E-state index is 0.172. The molecule has 0 spiro atoms. The van der Waals surface area contributed by atoms with Crippen molar-refractivity contribution in [2.24, 2.45) is 5.73 Å². The van der Waals surface area contributed by atoms with Crippen LogP contribution in [-0.2, 0) is 4.79 Å². The van der Waals surface area contributed by atoms with Crippen LogP contribution in [0.4, 0.5) is 0 Å². The first-order valence-electron chi connectivity index (χ1n) is 4.79. The number of hydrogen-bond acceptors (Lipinski definition) is 3. The number of aliphatic hydroxyl groups is 1. The zero-order valence-electron chi connectivity index (χ0n) is 8.42. The molecule has 0 heterocycles. The quantitative estimate of drug-likeness (QED) is 0.549. The molecule has 0 aromatic rings. The SMILES string of the molecule is CCCC[C@H](N)C(=O)NCC(C)O. The van der Waals surface area contributed by atoms with Gasteiger partial charge in [-0.1, -0.05) is 19.8 Å². The molecule has 4 N–H and O–H groups in total. The van der Waals surface area contributed by atoms with Gasteiger partial charge in [0.25, 0.3) is 0 Å². The van der Waals surface area contributed by atoms with Gasteiger partial charge < -0.3 is 16.2 Å². The molecule has 0 radical (unpaired) electrons. The van der Waals surface area contributed by atoms with Crippen molar-refractivity contribution in [2.75, 3.05) is 6.54 Å². The van der Waals surface area contributed by atoms with E-state index in [1.807, 2.05) is 0 Å². The molecule has 78 valence electrons. The molecule has 0 saturated carbocycles. The van der Waals surface area contributed by atoms with E-state index in [2.05, 4.69) is 12.2 Å². The predicted octanol–water partition coefficient (Wildman–Crippen LogP) is 0.000900. The summed E-state index contributed by atoms with van der Waals surface area (Å²) in [4.78, 5) is 11.2. The van der Waals surface area contributed by atoms with E-state index in [1.165, 1.54) is 0 Å². The Labute approximate surface area is 79.5 Å². The number of hydrogen-bond donors (Lipinski definition) is 3. The summed E-state index contributed by atoms with van der Waals surface area (Å²) in [6.45, 7) is 3.96. The van der Waals surface area contributed by atoms with Crippen LogP contribution in [-0.4, -0.2) is 29.7 Å². The largest absolute Gasteiger partial charge is 0.392 e. The van der Waals surface area contributed by atoms with Crippen LogP contribution < -0.4 is 11.1 Å². The van der Waals surface area contributed by atoms with E-state index in [9.17, 15) is 4.79 Å². The van der Waals surface area contributed by atoms with Gasteiger partial charge in [-0.05, 0) is 13.3 Å². The highest BCUT2D eigenvalue weighted by atomic mass is 16.3. The van der Waals surface area contributed by atoms with Gasteiger partial charge >= 0.3 is 0 Å². The number of nitrogens with one attached hydrogen (secondary N) is 1. The fourth-order valence-electron chi connectivity index (χ4n) is 0.935. The van der Waals surface area contributed by atoms with E-state index in [0.717, 1.165) is 12.8 Å². The first-order chi connectivity index (χ1) is 6.07. The average molecular weight is 188 g/mol. The molecule has 0 rings (SSSR count). The van der Waals surface area contributed by atoms with Gasteiger partial charge in [0.15, 0.2) is 0 Å². The van der Waals surface area contributed by atoms with Crippen LogP contribution in [0.5, 0.6) is 0 Å². The van der Waals surface area contributed by atoms with E-state index in [0.29, 0.717) is 6.42 Å². The molecule has 4 nitrogen and oxygen atoms in total. The van der Waals surface area contributed by atoms with Crippen molar-refractivity contribution >= 4 is 5.91 Å². The lowest BCUT2D eigenvalue weighted by Gasteiger charge is -2.12. The summed E-state index contributed by atoms with van der Waals surface area (Å²) < 4.78 is 0. The van der Waals surface area contributed by atoms with E-state index in [1.54, 1.807) is 6.92 Å². The first-order valence-corrected chi connectivity index (χ1v) is 4.79. The summed E-state index contributed by atoms with van der Waals surface area (Å²) in [5.41, 5.74) is 5.60. The van der Waals surface area contributed by atoms with E-state index in [-0.39, 0.29) is 12.5 Å². The first kappa shape index (κ1) is 12.4. The Hall–Kier alpha value is -0.610. The van der Waals surface area contributed by atoms with Crippen LogP contribution in [0.3, 0.4) is 0 Å². The Morgan fingerprint density at radius 2 is 2.23 bits per heavy atom. The van der Waals surface area contributed by atoms with Crippen molar-refractivity contribution in [3.63, 3.8) is 0 Å². The second kappa shape index (κ2) is 6.86. The van der Waals surface area contributed by atoms with Crippen molar-refractivity contribution in [3.05, 3.63) is 0 Å². The standard InChI is InChI=1S/C9H20N2O2/c1-3-4-5-8(10)9(13)11-6-7(2)12/h7-8,12H,3-6,10H2,1-2H3,(H,11,13)/t7?,8-/m0/s1. The van der Waals surface area contributed by atoms with Gasteiger partial charge in [0.2, 0.25) is 5.91 Å². The van der Waals surface area contributed by atoms with Crippen LogP contribution in [0.15, 0.2) is 0 Å². The molecule has 0 fully saturated rings. The normalized spacial score (nSPS) is 15.1. The zero-order chi connectivity index (χ0) is 10.3. The Kier molecular flexibility index (Phi) is 6.54. The van der Waals surface area contributed by atoms with Gasteiger partial charge in [-0.2, -0.15) is 0 Å². The van der Waals surface area contributed by atoms with E-state index < -0.39 is 12.1 Å². The highest BCUT2D eigenvalue weighted by molar-refractivity contribution is 5.81. The maximum atomic E-state index is 11.2. The fourth-order valence-corrected chi connectivity index (χ4v) is 0.935. The predicted molar refractivity (Wildman–Crippen MR) is 52.2 cm³/mol. The van der Waals surface area contributed by atoms with Crippen molar-refractivity contribution < 1.29 is 9.90 Å². The molecule has 0 aromatic carbocycles. The summed E-state index contributed by atoms with van der Waals surface area (Å²) in [6, 6.07) is -0.432. The van der Waals surface area contributed by atoms with Crippen molar-refractivity contribution in [3.8, 4) is 0 Å². The van der Waals surface area contributed by atoms with Gasteiger partial charge in [0.05, 0.1) is 12.1 Å². The summed E-state index contributed by atoms with van der Waals surface area (Å²) >= 11 is 0. The smallest absolute Gasteiger partial charge is 0.237 e. The molecule has 0 saturated heterocycles. The molecule has 0 aliphatic heterocycles. The minimum Gasteiger partial charge on any atom is -0.392 e. The minimum atomic E-state index is -0.512. The Bertz CT molecular complexity index is 149. The summed E-state index contributed by atoms with van der Waals surface area (Å²) in [5, 5.41) is 11.5. The molecular formula is C9H20N2O2. The third kappa shape index (κ3) is 6.54. The molecule has 2 atom stereocenters. The van der Waals surface area contributed by atoms with Gasteiger partial charge in [0, 0.05) is 6.54 Å². The maximum Gasteiger partial charge on any atom is 0.237 e. The number of aliphatic hydroxyl groups excluding tert-OH is 1. The van der Waals surface area contributed by atoms with E-state index >= 15 is 0 Å². The van der Waals surface area contributed by atoms with Gasteiger partial charge in [-0.25, -0.2) is 0 Å². The average Bonchev–Trinajstić information content (AvgIpc) is 2.10. The number of unbranched alkanes of at least 4 members (excludes halogenated alkanes) is 1. The lowest BCUT2D eigenvalue weighted by Crippen LogP contribution is -2.42. The Morgan fingerprint density at radius 3 is 2.69 bits per heavy atom. The fraction of sp³-hybridized carbons (Fsp3) is 0.889. The highest BCUT2D eigenvalue weighted by Crippen LogP contribution is 1.97. The number of nitrogens with two attached hydrogens (primary N) is 1. The zero-order valence-corrected chi connectivity index (χ0v) is 8.42. The molecule has 0 bridgehead atoms. The second-order valence-corrected chi connectivity index (χ2v) is 3.34. The molecule has 4 heteroatoms. The summed E-state index contributed by atoms with van der Waals surface area (Å²) in [5.74, 6) is -0.172. The van der Waals surface area contributed by atoms with Crippen LogP contribution in [0, 0.1) is 0 Å². The second-order valence-electron chi connectivity index (χ2n) is 3.34. The monoisotopic (exact) mass is 188 g/mol. The van der Waals surface area contributed by atoms with Crippen LogP contribution in [0.25, 0.3) is 0 Å².